The van der Waals surface area contributed by atoms with Gasteiger partial charge in [-0.3, -0.25) is 18.4 Å². The molecule has 18 heteroatoms. The van der Waals surface area contributed by atoms with Crippen molar-refractivity contribution >= 4 is 28.7 Å². The number of carbonyl (C=O) groups is 2. The van der Waals surface area contributed by atoms with Crippen LogP contribution < -0.4 is 9.47 Å². The second-order valence-corrected chi connectivity index (χ2v) is 16.3. The third-order valence-corrected chi connectivity index (χ3v) is 12.7. The quantitative estimate of drug-likeness (QED) is 0.169. The molecule has 0 unspecified atom stereocenters. The minimum atomic E-state index is -0.203. The number of piperidine rings is 1. The Balaban J connectivity index is 0.000000162. The van der Waals surface area contributed by atoms with Gasteiger partial charge in [0.1, 0.15) is 60.7 Å². The summed E-state index contributed by atoms with van der Waals surface area (Å²) in [5.74, 6) is 3.02. The first-order valence-corrected chi connectivity index (χ1v) is 21.7. The Hall–Kier alpha value is -6.40. The predicted molar refractivity (Wildman–Crippen MR) is 229 cm³/mol. The molecule has 4 aliphatic rings. The van der Waals surface area contributed by atoms with E-state index < -0.39 is 0 Å². The van der Waals surface area contributed by atoms with E-state index in [9.17, 15) is 18.4 Å². The number of likely N-dealkylation sites (tertiary alicyclic amines) is 1. The van der Waals surface area contributed by atoms with E-state index in [0.29, 0.717) is 82.6 Å². The van der Waals surface area contributed by atoms with E-state index >= 15 is 0 Å². The molecule has 1 fully saturated rings. The van der Waals surface area contributed by atoms with E-state index in [2.05, 4.69) is 25.4 Å². The van der Waals surface area contributed by atoms with Crippen LogP contribution in [0.25, 0.3) is 16.9 Å². The Bertz CT molecular complexity index is 2710. The number of halogens is 2. The standard InChI is InChI=1S/C23H26FN5O3.C23H24FN5O3/c2*1-31-13-22(30)28-9-6-15(7-10-28)18-12-25-21(29-14-26-27-23(18)29)5-2-16-17-8-11-32-20(17)4-3-19(16)24/h3-4,12,14-15H,2,5-11,13H2,1H3;3-4,6,12,14H,2,5,7-11,13H2,1H3. The highest BCUT2D eigenvalue weighted by molar-refractivity contribution is 5.81. The highest BCUT2D eigenvalue weighted by Crippen LogP contribution is 2.34. The maximum Gasteiger partial charge on any atom is 0.248 e. The van der Waals surface area contributed by atoms with E-state index in [-0.39, 0.29) is 42.6 Å². The lowest BCUT2D eigenvalue weighted by atomic mass is 9.90. The molecular weight excluding hydrogens is 827 g/mol. The van der Waals surface area contributed by atoms with Crippen molar-refractivity contribution in [2.45, 2.75) is 63.7 Å². The number of amides is 2. The second-order valence-electron chi connectivity index (χ2n) is 16.3. The van der Waals surface area contributed by atoms with Crippen LogP contribution in [0.2, 0.25) is 0 Å². The maximum atomic E-state index is 14.5. The SMILES string of the molecule is COCC(=O)N1CC=C(c2cnc(CCc3c(F)ccc4c3CCO4)n3cnnc23)CC1.COCC(=O)N1CCC(c2cnc(CCc3c(F)ccc4c3CCO4)n3cnnc23)CC1. The molecule has 2 aromatic carbocycles. The predicted octanol–water partition coefficient (Wildman–Crippen LogP) is 4.58. The Morgan fingerprint density at radius 2 is 1.27 bits per heavy atom. The van der Waals surface area contributed by atoms with E-state index in [1.165, 1.54) is 26.4 Å². The van der Waals surface area contributed by atoms with Gasteiger partial charge in [0.2, 0.25) is 11.8 Å². The average Bonchev–Trinajstić information content (AvgIpc) is 4.17. The van der Waals surface area contributed by atoms with Crippen LogP contribution in [0.1, 0.15) is 70.2 Å². The van der Waals surface area contributed by atoms with Gasteiger partial charge < -0.3 is 28.7 Å². The van der Waals surface area contributed by atoms with E-state index in [4.69, 9.17) is 23.9 Å². The van der Waals surface area contributed by atoms with Crippen LogP contribution in [0.3, 0.4) is 0 Å². The van der Waals surface area contributed by atoms with Crippen molar-refractivity contribution in [3.8, 4) is 11.5 Å². The molecule has 334 valence electrons. The molecule has 0 atom stereocenters. The number of benzene rings is 2. The fraction of sp³-hybridized carbons (Fsp3) is 0.435. The molecule has 0 aliphatic carbocycles. The molecule has 16 nitrogen and oxygen atoms in total. The number of fused-ring (bicyclic) bond motifs is 4. The topological polar surface area (TPSA) is 164 Å². The van der Waals surface area contributed by atoms with Crippen LogP contribution in [0.15, 0.2) is 55.4 Å². The summed E-state index contributed by atoms with van der Waals surface area (Å²) in [5, 5.41) is 16.9. The van der Waals surface area contributed by atoms with Gasteiger partial charge in [0.25, 0.3) is 0 Å². The van der Waals surface area contributed by atoms with Crippen molar-refractivity contribution in [1.82, 2.24) is 49.0 Å². The van der Waals surface area contributed by atoms with Gasteiger partial charge in [-0.1, -0.05) is 6.08 Å². The first-order valence-electron chi connectivity index (χ1n) is 21.7. The van der Waals surface area contributed by atoms with E-state index in [1.807, 2.05) is 32.2 Å². The lowest BCUT2D eigenvalue weighted by molar-refractivity contribution is -0.136. The van der Waals surface area contributed by atoms with Crippen LogP contribution in [0, 0.1) is 11.6 Å². The number of nitrogens with zero attached hydrogens (tertiary/aromatic N) is 10. The molecule has 8 heterocycles. The Kier molecular flexibility index (Phi) is 12.8. The van der Waals surface area contributed by atoms with Gasteiger partial charge in [-0.25, -0.2) is 18.7 Å². The molecule has 4 aliphatic heterocycles. The number of carbonyl (C=O) groups excluding carboxylic acids is 2. The molecule has 4 aromatic heterocycles. The van der Waals surface area contributed by atoms with Gasteiger partial charge in [0, 0.05) is 101 Å². The van der Waals surface area contributed by atoms with Crippen molar-refractivity contribution in [2.24, 2.45) is 0 Å². The summed E-state index contributed by atoms with van der Waals surface area (Å²) < 4.78 is 53.8. The van der Waals surface area contributed by atoms with Crippen LogP contribution in [0.5, 0.6) is 11.5 Å². The molecule has 0 saturated carbocycles. The molecule has 0 N–H and O–H groups in total. The van der Waals surface area contributed by atoms with Crippen molar-refractivity contribution in [2.75, 3.05) is 66.8 Å². The Labute approximate surface area is 368 Å². The van der Waals surface area contributed by atoms with Crippen LogP contribution in [-0.4, -0.2) is 128 Å². The van der Waals surface area contributed by atoms with Crippen molar-refractivity contribution < 1.29 is 37.3 Å². The molecule has 0 spiro atoms. The summed E-state index contributed by atoms with van der Waals surface area (Å²) in [6.45, 7) is 3.93. The van der Waals surface area contributed by atoms with E-state index in [0.717, 1.165) is 88.0 Å². The number of hydrogen-bond donors (Lipinski definition) is 0. The molecule has 64 heavy (non-hydrogen) atoms. The molecular formula is C46H50F2N10O6. The number of aromatic nitrogens is 8. The maximum absolute atomic E-state index is 14.5. The first kappa shape index (κ1) is 42.9. The fourth-order valence-electron chi connectivity index (χ4n) is 9.29. The minimum absolute atomic E-state index is 0.0195. The summed E-state index contributed by atoms with van der Waals surface area (Å²) in [6, 6.07) is 6.36. The summed E-state index contributed by atoms with van der Waals surface area (Å²) in [7, 11) is 3.05. The average molecular weight is 877 g/mol. The van der Waals surface area contributed by atoms with Crippen LogP contribution in [0.4, 0.5) is 8.78 Å². The Morgan fingerprint density at radius 3 is 1.84 bits per heavy atom. The number of methoxy groups -OCH3 is 2. The van der Waals surface area contributed by atoms with Gasteiger partial charge in [-0.15, -0.1) is 20.4 Å². The summed E-state index contributed by atoms with van der Waals surface area (Å²) in [6.07, 6.45) is 15.1. The number of hydrogen-bond acceptors (Lipinski definition) is 12. The molecule has 6 aromatic rings. The number of ether oxygens (including phenoxy) is 4. The van der Waals surface area contributed by atoms with Gasteiger partial charge in [0.15, 0.2) is 11.3 Å². The summed E-state index contributed by atoms with van der Waals surface area (Å²) >= 11 is 0. The van der Waals surface area contributed by atoms with Crippen molar-refractivity contribution in [1.29, 1.82) is 0 Å². The van der Waals surface area contributed by atoms with Crippen molar-refractivity contribution in [3.63, 3.8) is 0 Å². The normalized spacial score (nSPS) is 16.0. The smallest absolute Gasteiger partial charge is 0.248 e. The zero-order chi connectivity index (χ0) is 44.2. The lowest BCUT2D eigenvalue weighted by Gasteiger charge is -2.32. The zero-order valence-corrected chi connectivity index (χ0v) is 36.0. The number of rotatable bonds is 12. The number of aryl methyl sites for hydroxylation is 2. The highest BCUT2D eigenvalue weighted by atomic mass is 19.1. The third-order valence-electron chi connectivity index (χ3n) is 12.7. The lowest BCUT2D eigenvalue weighted by Crippen LogP contribution is -2.39. The minimum Gasteiger partial charge on any atom is -0.493 e. The zero-order valence-electron chi connectivity index (χ0n) is 36.0. The van der Waals surface area contributed by atoms with Gasteiger partial charge in [-0.2, -0.15) is 0 Å². The van der Waals surface area contributed by atoms with Crippen molar-refractivity contribution in [3.05, 3.63) is 112 Å². The summed E-state index contributed by atoms with van der Waals surface area (Å²) in [4.78, 5) is 37.1. The van der Waals surface area contributed by atoms with Gasteiger partial charge >= 0.3 is 0 Å². The van der Waals surface area contributed by atoms with E-state index in [1.54, 1.807) is 29.7 Å². The monoisotopic (exact) mass is 876 g/mol. The summed E-state index contributed by atoms with van der Waals surface area (Å²) in [5.41, 5.74) is 7.89. The second kappa shape index (κ2) is 19.1. The fourth-order valence-corrected chi connectivity index (χ4v) is 9.29. The van der Waals surface area contributed by atoms with Crippen LogP contribution in [-0.2, 0) is 57.6 Å². The molecule has 1 saturated heterocycles. The Morgan fingerprint density at radius 1 is 0.703 bits per heavy atom. The highest BCUT2D eigenvalue weighted by Gasteiger charge is 2.28. The third kappa shape index (κ3) is 8.75. The molecule has 2 amide bonds. The van der Waals surface area contributed by atoms with Gasteiger partial charge in [-0.05, 0) is 79.0 Å². The first-order chi connectivity index (χ1) is 31.3. The molecule has 10 rings (SSSR count). The molecule has 0 radical (unpaired) electrons. The molecule has 0 bridgehead atoms. The van der Waals surface area contributed by atoms with Gasteiger partial charge in [0.05, 0.1) is 13.2 Å². The van der Waals surface area contributed by atoms with Crippen LogP contribution >= 0.6 is 0 Å². The largest absolute Gasteiger partial charge is 0.493 e.